The first kappa shape index (κ1) is 17.2. The van der Waals surface area contributed by atoms with Crippen LogP contribution in [-0.2, 0) is 0 Å². The zero-order valence-electron chi connectivity index (χ0n) is 14.4. The highest BCUT2D eigenvalue weighted by molar-refractivity contribution is 5.89. The maximum absolute atomic E-state index is 11.6. The number of benzene rings is 1. The summed E-state index contributed by atoms with van der Waals surface area (Å²) < 4.78 is 5.21. The van der Waals surface area contributed by atoms with E-state index in [1.807, 2.05) is 6.92 Å². The van der Waals surface area contributed by atoms with Crippen molar-refractivity contribution in [2.24, 2.45) is 0 Å². The number of anilines is 4. The van der Waals surface area contributed by atoms with E-state index in [0.29, 0.717) is 40.8 Å². The molecule has 3 rings (SSSR count). The fraction of sp³-hybridized carbons (Fsp3) is 0.176. The Hall–Kier alpha value is -3.62. The van der Waals surface area contributed by atoms with Crippen LogP contribution in [0.1, 0.15) is 6.92 Å². The highest BCUT2D eigenvalue weighted by atomic mass is 16.5. The van der Waals surface area contributed by atoms with Crippen molar-refractivity contribution < 1.29 is 9.53 Å². The monoisotopic (exact) mass is 353 g/mol. The van der Waals surface area contributed by atoms with E-state index in [9.17, 15) is 4.79 Å². The molecular weight excluding hydrogens is 334 g/mol. The van der Waals surface area contributed by atoms with E-state index in [2.05, 4.69) is 30.9 Å². The molecule has 1 aromatic carbocycles. The second-order valence-corrected chi connectivity index (χ2v) is 5.40. The van der Waals surface area contributed by atoms with Gasteiger partial charge < -0.3 is 21.1 Å². The van der Waals surface area contributed by atoms with Gasteiger partial charge in [-0.2, -0.15) is 0 Å². The molecule has 2 heterocycles. The molecule has 9 nitrogen and oxygen atoms in total. The third-order valence-corrected chi connectivity index (χ3v) is 3.42. The van der Waals surface area contributed by atoms with E-state index in [-0.39, 0.29) is 6.03 Å². The van der Waals surface area contributed by atoms with Gasteiger partial charge in [0.25, 0.3) is 0 Å². The Labute approximate surface area is 150 Å². The fourth-order valence-corrected chi connectivity index (χ4v) is 2.31. The van der Waals surface area contributed by atoms with Crippen molar-refractivity contribution in [1.82, 2.24) is 20.3 Å². The Bertz CT molecular complexity index is 946. The lowest BCUT2D eigenvalue weighted by Crippen LogP contribution is -2.28. The molecule has 0 aliphatic carbocycles. The minimum atomic E-state index is -0.345. The molecule has 3 aromatic rings. The number of fused-ring (bicyclic) bond motifs is 1. The maximum atomic E-state index is 11.6. The normalized spacial score (nSPS) is 10.4. The van der Waals surface area contributed by atoms with E-state index in [4.69, 9.17) is 10.5 Å². The number of hydrogen-bond acceptors (Lipinski definition) is 7. The van der Waals surface area contributed by atoms with Crippen molar-refractivity contribution in [2.45, 2.75) is 6.92 Å². The van der Waals surface area contributed by atoms with Gasteiger partial charge >= 0.3 is 6.03 Å². The van der Waals surface area contributed by atoms with Gasteiger partial charge in [0.1, 0.15) is 17.1 Å². The standard InChI is InChI=1S/C17H19N7O2/c1-3-19-17(25)24-15-9-20-13-4-5-14(22-16(13)23-15)21-11-6-10(18)7-12(8-11)26-2/h4-9H,3,18H2,1-2H3,(H3,19,21,22,23,24,25). The third kappa shape index (κ3) is 4.07. The summed E-state index contributed by atoms with van der Waals surface area (Å²) in [5, 5.41) is 8.39. The zero-order valence-corrected chi connectivity index (χ0v) is 14.4. The molecule has 0 saturated carbocycles. The van der Waals surface area contributed by atoms with Crippen molar-refractivity contribution in [3.05, 3.63) is 36.5 Å². The predicted octanol–water partition coefficient (Wildman–Crippen LogP) is 2.50. The number of carbonyl (C=O) groups excluding carboxylic acids is 1. The fourth-order valence-electron chi connectivity index (χ4n) is 2.31. The summed E-state index contributed by atoms with van der Waals surface area (Å²) in [6.45, 7) is 2.35. The van der Waals surface area contributed by atoms with Crippen LogP contribution in [0.3, 0.4) is 0 Å². The zero-order chi connectivity index (χ0) is 18.5. The van der Waals surface area contributed by atoms with Crippen LogP contribution in [-0.4, -0.2) is 34.6 Å². The highest BCUT2D eigenvalue weighted by Gasteiger charge is 2.07. The number of carbonyl (C=O) groups is 1. The molecule has 0 bridgehead atoms. The lowest BCUT2D eigenvalue weighted by Gasteiger charge is -2.10. The number of nitrogens with one attached hydrogen (secondary N) is 3. The third-order valence-electron chi connectivity index (χ3n) is 3.42. The van der Waals surface area contributed by atoms with Crippen molar-refractivity contribution in [3.8, 4) is 5.75 Å². The first-order valence-corrected chi connectivity index (χ1v) is 7.97. The number of nitrogens with zero attached hydrogens (tertiary/aromatic N) is 3. The first-order chi connectivity index (χ1) is 12.6. The Morgan fingerprint density at radius 3 is 2.77 bits per heavy atom. The van der Waals surface area contributed by atoms with Gasteiger partial charge in [0, 0.05) is 30.1 Å². The molecule has 5 N–H and O–H groups in total. The van der Waals surface area contributed by atoms with Crippen LogP contribution in [0.25, 0.3) is 11.2 Å². The summed E-state index contributed by atoms with van der Waals surface area (Å²) in [4.78, 5) is 24.6. The van der Waals surface area contributed by atoms with Crippen LogP contribution in [0.5, 0.6) is 5.75 Å². The Morgan fingerprint density at radius 1 is 1.19 bits per heavy atom. The van der Waals surface area contributed by atoms with Crippen molar-refractivity contribution in [3.63, 3.8) is 0 Å². The van der Waals surface area contributed by atoms with Crippen molar-refractivity contribution in [1.29, 1.82) is 0 Å². The molecule has 134 valence electrons. The Morgan fingerprint density at radius 2 is 2.00 bits per heavy atom. The second-order valence-electron chi connectivity index (χ2n) is 5.40. The molecule has 26 heavy (non-hydrogen) atoms. The number of nitrogens with two attached hydrogens (primary N) is 1. The van der Waals surface area contributed by atoms with E-state index < -0.39 is 0 Å². The molecular formula is C17H19N7O2. The first-order valence-electron chi connectivity index (χ1n) is 7.97. The Balaban J connectivity index is 1.85. The number of methoxy groups -OCH3 is 1. The average molecular weight is 353 g/mol. The number of amides is 2. The van der Waals surface area contributed by atoms with E-state index in [1.165, 1.54) is 6.20 Å². The topological polar surface area (TPSA) is 127 Å². The molecule has 9 heteroatoms. The minimum absolute atomic E-state index is 0.318. The number of aromatic nitrogens is 3. The van der Waals surface area contributed by atoms with Gasteiger partial charge in [0.15, 0.2) is 11.5 Å². The molecule has 0 saturated heterocycles. The van der Waals surface area contributed by atoms with Crippen molar-refractivity contribution in [2.75, 3.05) is 30.0 Å². The number of nitrogen functional groups attached to an aromatic ring is 1. The lowest BCUT2D eigenvalue weighted by molar-refractivity contribution is 0.252. The maximum Gasteiger partial charge on any atom is 0.320 e. The number of ether oxygens (including phenoxy) is 1. The molecule has 0 fully saturated rings. The van der Waals surface area contributed by atoms with E-state index in [0.717, 1.165) is 5.69 Å². The van der Waals surface area contributed by atoms with Gasteiger partial charge in [0.05, 0.1) is 13.3 Å². The Kier molecular flexibility index (Phi) is 4.97. The molecule has 2 aromatic heterocycles. The molecule has 0 radical (unpaired) electrons. The van der Waals surface area contributed by atoms with Crippen LogP contribution in [0.2, 0.25) is 0 Å². The molecule has 0 atom stereocenters. The smallest absolute Gasteiger partial charge is 0.320 e. The molecule has 0 spiro atoms. The quantitative estimate of drug-likeness (QED) is 0.519. The lowest BCUT2D eigenvalue weighted by atomic mass is 10.2. The van der Waals surface area contributed by atoms with Crippen LogP contribution in [0.4, 0.5) is 27.8 Å². The summed E-state index contributed by atoms with van der Waals surface area (Å²) in [6, 6.07) is 8.53. The van der Waals surface area contributed by atoms with Crippen LogP contribution in [0, 0.1) is 0 Å². The van der Waals surface area contributed by atoms with E-state index in [1.54, 1.807) is 37.4 Å². The van der Waals surface area contributed by atoms with Gasteiger partial charge in [0.2, 0.25) is 0 Å². The summed E-state index contributed by atoms with van der Waals surface area (Å²) in [5.74, 6) is 1.52. The van der Waals surface area contributed by atoms with Gasteiger partial charge in [-0.25, -0.2) is 19.7 Å². The van der Waals surface area contributed by atoms with Gasteiger partial charge in [-0.3, -0.25) is 5.32 Å². The number of urea groups is 1. The summed E-state index contributed by atoms with van der Waals surface area (Å²) in [5.41, 5.74) is 8.18. The van der Waals surface area contributed by atoms with Crippen LogP contribution >= 0.6 is 0 Å². The highest BCUT2D eigenvalue weighted by Crippen LogP contribution is 2.25. The summed E-state index contributed by atoms with van der Waals surface area (Å²) in [6.07, 6.45) is 1.48. The number of hydrogen-bond donors (Lipinski definition) is 4. The molecule has 0 aliphatic rings. The molecule has 2 amide bonds. The number of pyridine rings is 1. The number of rotatable bonds is 5. The minimum Gasteiger partial charge on any atom is -0.497 e. The summed E-state index contributed by atoms with van der Waals surface area (Å²) in [7, 11) is 1.58. The predicted molar refractivity (Wildman–Crippen MR) is 101 cm³/mol. The molecule has 0 aliphatic heterocycles. The van der Waals surface area contributed by atoms with Gasteiger partial charge in [-0.15, -0.1) is 0 Å². The van der Waals surface area contributed by atoms with Crippen LogP contribution in [0.15, 0.2) is 36.5 Å². The van der Waals surface area contributed by atoms with Crippen molar-refractivity contribution >= 4 is 40.2 Å². The second kappa shape index (κ2) is 7.51. The van der Waals surface area contributed by atoms with Crippen LogP contribution < -0.4 is 26.4 Å². The van der Waals surface area contributed by atoms with Gasteiger partial charge in [-0.05, 0) is 25.1 Å². The van der Waals surface area contributed by atoms with E-state index >= 15 is 0 Å². The van der Waals surface area contributed by atoms with Gasteiger partial charge in [-0.1, -0.05) is 0 Å². The summed E-state index contributed by atoms with van der Waals surface area (Å²) >= 11 is 0. The average Bonchev–Trinajstić information content (AvgIpc) is 2.61. The largest absolute Gasteiger partial charge is 0.497 e. The molecule has 0 unspecified atom stereocenters. The SMILES string of the molecule is CCNC(=O)Nc1cnc2ccc(Nc3cc(N)cc(OC)c3)nc2n1.